The van der Waals surface area contributed by atoms with Crippen LogP contribution in [0.15, 0.2) is 36.5 Å². The van der Waals surface area contributed by atoms with Gasteiger partial charge in [0.05, 0.1) is 30.0 Å². The number of nitrogens with one attached hydrogen (secondary N) is 1. The smallest absolute Gasteiger partial charge is 0.254 e. The summed E-state index contributed by atoms with van der Waals surface area (Å²) in [6.07, 6.45) is 5.59. The zero-order chi connectivity index (χ0) is 24.2. The first-order chi connectivity index (χ1) is 16.9. The van der Waals surface area contributed by atoms with Gasteiger partial charge in [0.1, 0.15) is 17.5 Å². The lowest BCUT2D eigenvalue weighted by molar-refractivity contribution is -0.0849. The molecule has 9 heteroatoms. The van der Waals surface area contributed by atoms with Crippen LogP contribution < -0.4 is 15.8 Å². The molecular formula is C26H25FN4O4. The number of halogens is 1. The zero-order valence-electron chi connectivity index (χ0n) is 19.1. The largest absolute Gasteiger partial charge is 0.474 e. The minimum atomic E-state index is -0.563. The van der Waals surface area contributed by atoms with Gasteiger partial charge in [-0.05, 0) is 61.4 Å². The maximum Gasteiger partial charge on any atom is 0.254 e. The lowest BCUT2D eigenvalue weighted by Crippen LogP contribution is -2.58. The number of carbonyl (C=O) groups is 2. The number of rotatable bonds is 5. The second kappa shape index (κ2) is 8.27. The molecule has 2 amide bonds. The van der Waals surface area contributed by atoms with Crippen molar-refractivity contribution in [2.24, 2.45) is 11.1 Å². The lowest BCUT2D eigenvalue weighted by atomic mass is 9.53. The van der Waals surface area contributed by atoms with Crippen LogP contribution in [0.2, 0.25) is 0 Å². The van der Waals surface area contributed by atoms with Crippen LogP contribution in [0.4, 0.5) is 4.39 Å². The molecule has 3 heterocycles. The number of pyridine rings is 2. The summed E-state index contributed by atoms with van der Waals surface area (Å²) in [6, 6.07) is 7.80. The molecule has 1 spiro atoms. The van der Waals surface area contributed by atoms with Gasteiger partial charge in [-0.25, -0.2) is 9.37 Å². The van der Waals surface area contributed by atoms with Crippen molar-refractivity contribution in [3.8, 4) is 5.88 Å². The van der Waals surface area contributed by atoms with Gasteiger partial charge in [-0.3, -0.25) is 14.6 Å². The Morgan fingerprint density at radius 2 is 2.00 bits per heavy atom. The maximum atomic E-state index is 13.5. The van der Waals surface area contributed by atoms with E-state index < -0.39 is 5.91 Å². The molecule has 2 aromatic heterocycles. The first-order valence-corrected chi connectivity index (χ1v) is 11.8. The molecular weight excluding hydrogens is 451 g/mol. The van der Waals surface area contributed by atoms with E-state index >= 15 is 0 Å². The van der Waals surface area contributed by atoms with Gasteiger partial charge >= 0.3 is 0 Å². The third-order valence-electron chi connectivity index (χ3n) is 7.36. The number of nitrogens with zero attached hydrogens (tertiary/aromatic N) is 2. The molecule has 35 heavy (non-hydrogen) atoms. The fourth-order valence-corrected chi connectivity index (χ4v) is 5.60. The van der Waals surface area contributed by atoms with Gasteiger partial charge in [0, 0.05) is 29.6 Å². The van der Waals surface area contributed by atoms with E-state index in [0.717, 1.165) is 36.9 Å². The molecule has 0 radical (unpaired) electrons. The average molecular weight is 477 g/mol. The number of primary amides is 1. The first kappa shape index (κ1) is 21.9. The maximum absolute atomic E-state index is 13.5. The molecule has 3 aliphatic rings. The molecule has 8 nitrogen and oxygen atoms in total. The summed E-state index contributed by atoms with van der Waals surface area (Å²) >= 11 is 0. The van der Waals surface area contributed by atoms with Crippen LogP contribution in [-0.2, 0) is 17.8 Å². The van der Waals surface area contributed by atoms with Crippen molar-refractivity contribution in [1.82, 2.24) is 15.3 Å². The normalized spacial score (nSPS) is 24.8. The molecule has 3 aromatic rings. The van der Waals surface area contributed by atoms with Crippen LogP contribution in [0.1, 0.15) is 57.7 Å². The Morgan fingerprint density at radius 3 is 2.80 bits per heavy atom. The number of hydrogen-bond acceptors (Lipinski definition) is 6. The second-order valence-electron chi connectivity index (χ2n) is 9.90. The van der Waals surface area contributed by atoms with Gasteiger partial charge in [-0.1, -0.05) is 0 Å². The fourth-order valence-electron chi connectivity index (χ4n) is 5.60. The molecule has 0 atom stereocenters. The number of ether oxygens (including phenoxy) is 2. The highest BCUT2D eigenvalue weighted by atomic mass is 19.1. The van der Waals surface area contributed by atoms with Crippen molar-refractivity contribution in [2.75, 3.05) is 6.61 Å². The van der Waals surface area contributed by atoms with Crippen LogP contribution in [-0.4, -0.2) is 40.5 Å². The number of hydrogen-bond donors (Lipinski definition) is 2. The van der Waals surface area contributed by atoms with Crippen LogP contribution in [0.3, 0.4) is 0 Å². The lowest BCUT2D eigenvalue weighted by Gasteiger charge is -2.57. The SMILES string of the molecule is NC(=O)c1cc2c(nc1OC1CC3(CC(NC(=O)c4cnc5ccc(F)cc5c4)C3)C1)CCOC2. The van der Waals surface area contributed by atoms with Crippen molar-refractivity contribution in [3.63, 3.8) is 0 Å². The first-order valence-electron chi connectivity index (χ1n) is 11.8. The number of benzene rings is 1. The highest BCUT2D eigenvalue weighted by Crippen LogP contribution is 2.56. The molecule has 2 fully saturated rings. The van der Waals surface area contributed by atoms with E-state index in [9.17, 15) is 14.0 Å². The monoisotopic (exact) mass is 476 g/mol. The summed E-state index contributed by atoms with van der Waals surface area (Å²) in [6.45, 7) is 1.02. The Bertz CT molecular complexity index is 1350. The zero-order valence-corrected chi connectivity index (χ0v) is 19.1. The van der Waals surface area contributed by atoms with E-state index in [-0.39, 0.29) is 34.8 Å². The van der Waals surface area contributed by atoms with Gasteiger partial charge in [0.15, 0.2) is 0 Å². The molecule has 1 aliphatic heterocycles. The number of fused-ring (bicyclic) bond motifs is 2. The third-order valence-corrected chi connectivity index (χ3v) is 7.36. The molecule has 0 unspecified atom stereocenters. The van der Waals surface area contributed by atoms with E-state index in [4.69, 9.17) is 15.2 Å². The van der Waals surface area contributed by atoms with E-state index in [1.165, 1.54) is 18.3 Å². The minimum absolute atomic E-state index is 0.0327. The summed E-state index contributed by atoms with van der Waals surface area (Å²) < 4.78 is 25.0. The molecule has 3 N–H and O–H groups in total. The average Bonchev–Trinajstić information content (AvgIpc) is 2.80. The summed E-state index contributed by atoms with van der Waals surface area (Å²) in [5, 5.41) is 3.66. The molecule has 0 bridgehead atoms. The number of carbonyl (C=O) groups excluding carboxylic acids is 2. The summed E-state index contributed by atoms with van der Waals surface area (Å²) in [5.74, 6) is -0.819. The Labute approximate surface area is 201 Å². The predicted molar refractivity (Wildman–Crippen MR) is 124 cm³/mol. The quantitative estimate of drug-likeness (QED) is 0.585. The van der Waals surface area contributed by atoms with Gasteiger partial charge in [0.2, 0.25) is 5.88 Å². The van der Waals surface area contributed by atoms with Crippen molar-refractivity contribution in [3.05, 3.63) is 64.7 Å². The molecule has 6 rings (SSSR count). The molecule has 2 aliphatic carbocycles. The summed E-state index contributed by atoms with van der Waals surface area (Å²) in [4.78, 5) is 33.5. The van der Waals surface area contributed by atoms with Gasteiger partial charge in [0.25, 0.3) is 11.8 Å². The van der Waals surface area contributed by atoms with Gasteiger partial charge in [-0.2, -0.15) is 0 Å². The van der Waals surface area contributed by atoms with Crippen LogP contribution >= 0.6 is 0 Å². The number of nitrogens with two attached hydrogens (primary N) is 1. The molecule has 0 saturated heterocycles. The van der Waals surface area contributed by atoms with E-state index in [1.807, 2.05) is 0 Å². The van der Waals surface area contributed by atoms with E-state index in [0.29, 0.717) is 42.0 Å². The summed E-state index contributed by atoms with van der Waals surface area (Å²) in [5.41, 5.74) is 8.83. The van der Waals surface area contributed by atoms with E-state index in [1.54, 1.807) is 18.2 Å². The van der Waals surface area contributed by atoms with Crippen LogP contribution in [0.25, 0.3) is 10.9 Å². The predicted octanol–water partition coefficient (Wildman–Crippen LogP) is 3.06. The Hall–Kier alpha value is -3.59. The van der Waals surface area contributed by atoms with Gasteiger partial charge in [-0.15, -0.1) is 0 Å². The van der Waals surface area contributed by atoms with E-state index in [2.05, 4.69) is 15.3 Å². The molecule has 180 valence electrons. The standard InChI is InChI=1S/C26H25FN4O4/c27-17-1-2-21-14(6-17)5-15(12-29-21)24(33)30-18-8-26(9-18)10-19(11-26)35-25-20(23(28)32)7-16-13-34-4-3-22(16)31-25/h1-2,5-7,12,18-19H,3-4,8-11,13H2,(H2,28,32)(H,30,33). The van der Waals surface area contributed by atoms with Crippen molar-refractivity contribution in [1.29, 1.82) is 0 Å². The Morgan fingerprint density at radius 1 is 1.17 bits per heavy atom. The molecule has 1 aromatic carbocycles. The topological polar surface area (TPSA) is 116 Å². The van der Waals surface area contributed by atoms with Crippen molar-refractivity contribution in [2.45, 2.75) is 50.9 Å². The Balaban J connectivity index is 1.05. The van der Waals surface area contributed by atoms with Crippen molar-refractivity contribution >= 4 is 22.7 Å². The highest BCUT2D eigenvalue weighted by molar-refractivity contribution is 5.97. The number of aromatic nitrogens is 2. The number of amides is 2. The highest BCUT2D eigenvalue weighted by Gasteiger charge is 2.54. The minimum Gasteiger partial charge on any atom is -0.474 e. The third kappa shape index (κ3) is 4.10. The summed E-state index contributed by atoms with van der Waals surface area (Å²) in [7, 11) is 0. The van der Waals surface area contributed by atoms with Crippen LogP contribution in [0.5, 0.6) is 5.88 Å². The second-order valence-corrected chi connectivity index (χ2v) is 9.90. The fraction of sp³-hybridized carbons (Fsp3) is 0.385. The Kier molecular flexibility index (Phi) is 5.17. The van der Waals surface area contributed by atoms with Crippen molar-refractivity contribution < 1.29 is 23.5 Å². The molecule has 2 saturated carbocycles. The van der Waals surface area contributed by atoms with Crippen LogP contribution in [0, 0.1) is 11.2 Å². The van der Waals surface area contributed by atoms with Gasteiger partial charge < -0.3 is 20.5 Å².